The van der Waals surface area contributed by atoms with E-state index in [4.69, 9.17) is 14.5 Å². The summed E-state index contributed by atoms with van der Waals surface area (Å²) in [6.07, 6.45) is 1.65. The zero-order valence-electron chi connectivity index (χ0n) is 24.7. The van der Waals surface area contributed by atoms with Gasteiger partial charge in [0.1, 0.15) is 11.6 Å². The molecule has 234 valence electrons. The highest BCUT2D eigenvalue weighted by molar-refractivity contribution is 7.07. The van der Waals surface area contributed by atoms with Gasteiger partial charge >= 0.3 is 11.9 Å². The summed E-state index contributed by atoms with van der Waals surface area (Å²) in [5.41, 5.74) is 1.63. The molecular weight excluding hydrogens is 625 g/mol. The third-order valence-electron chi connectivity index (χ3n) is 7.24. The van der Waals surface area contributed by atoms with Gasteiger partial charge in [0.05, 0.1) is 38.9 Å². The number of nitrogens with zero attached hydrogens (tertiary/aromatic N) is 3. The smallest absolute Gasteiger partial charge is 0.343 e. The number of nitro benzene ring substituents is 1. The highest BCUT2D eigenvalue weighted by Crippen LogP contribution is 2.35. The number of non-ortho nitro benzene ring substituents is 1. The van der Waals surface area contributed by atoms with Gasteiger partial charge in [-0.25, -0.2) is 19.0 Å². The second-order valence-electron chi connectivity index (χ2n) is 10.2. The standard InChI is InChI=1S/C35H24FN3O7S/c1-2-45-34(42)29-30(22-7-4-3-5-8-22)37-35-38(31(29)23-13-15-25(36)16-14-23)32(40)28(47-35)19-21-11-17-27(18-12-21)46-33(41)24-9-6-10-26(20-24)39(43)44/h3-20,31H,2H2,1H3/b28-19-/t31-/m1/s1. The van der Waals surface area contributed by atoms with Crippen molar-refractivity contribution in [1.29, 1.82) is 0 Å². The minimum Gasteiger partial charge on any atom is -0.463 e. The van der Waals surface area contributed by atoms with Crippen LogP contribution in [0.15, 0.2) is 118 Å². The largest absolute Gasteiger partial charge is 0.463 e. The van der Waals surface area contributed by atoms with Crippen molar-refractivity contribution in [3.8, 4) is 5.75 Å². The molecule has 5 aromatic rings. The molecule has 47 heavy (non-hydrogen) atoms. The number of hydrogen-bond donors (Lipinski definition) is 0. The van der Waals surface area contributed by atoms with Gasteiger partial charge in [-0.15, -0.1) is 0 Å². The van der Waals surface area contributed by atoms with Crippen LogP contribution in [0.2, 0.25) is 0 Å². The molecule has 0 saturated carbocycles. The number of fused-ring (bicyclic) bond motifs is 1. The van der Waals surface area contributed by atoms with E-state index < -0.39 is 34.3 Å². The van der Waals surface area contributed by atoms with Crippen LogP contribution >= 0.6 is 11.3 Å². The topological polar surface area (TPSA) is 130 Å². The van der Waals surface area contributed by atoms with Gasteiger partial charge in [0.15, 0.2) is 4.80 Å². The van der Waals surface area contributed by atoms with Crippen LogP contribution in [0.3, 0.4) is 0 Å². The van der Waals surface area contributed by atoms with Crippen molar-refractivity contribution in [2.75, 3.05) is 6.61 Å². The van der Waals surface area contributed by atoms with E-state index in [1.807, 2.05) is 30.3 Å². The second-order valence-corrected chi connectivity index (χ2v) is 11.3. The first-order valence-corrected chi connectivity index (χ1v) is 15.2. The number of benzene rings is 4. The molecule has 0 aliphatic carbocycles. The molecule has 10 nitrogen and oxygen atoms in total. The molecule has 0 fully saturated rings. The number of rotatable bonds is 8. The van der Waals surface area contributed by atoms with Crippen LogP contribution < -0.4 is 19.6 Å². The molecule has 0 N–H and O–H groups in total. The van der Waals surface area contributed by atoms with Gasteiger partial charge in [-0.2, -0.15) is 0 Å². The first-order valence-electron chi connectivity index (χ1n) is 14.3. The lowest BCUT2D eigenvalue weighted by molar-refractivity contribution is -0.384. The van der Waals surface area contributed by atoms with Crippen molar-refractivity contribution in [2.45, 2.75) is 13.0 Å². The van der Waals surface area contributed by atoms with Crippen molar-refractivity contribution < 1.29 is 28.4 Å². The molecule has 0 spiro atoms. The van der Waals surface area contributed by atoms with E-state index in [-0.39, 0.29) is 29.2 Å². The number of halogens is 1. The Morgan fingerprint density at radius 1 is 0.979 bits per heavy atom. The number of carbonyl (C=O) groups is 2. The molecule has 1 aliphatic rings. The predicted octanol–water partition coefficient (Wildman–Crippen LogP) is 5.20. The lowest BCUT2D eigenvalue weighted by Crippen LogP contribution is -2.40. The van der Waals surface area contributed by atoms with Crippen LogP contribution in [0, 0.1) is 15.9 Å². The molecule has 0 amide bonds. The molecule has 12 heteroatoms. The van der Waals surface area contributed by atoms with Gasteiger partial charge in [-0.1, -0.05) is 72.0 Å². The van der Waals surface area contributed by atoms with Gasteiger partial charge in [0, 0.05) is 17.7 Å². The van der Waals surface area contributed by atoms with E-state index in [2.05, 4.69) is 0 Å². The number of thiazole rings is 1. The van der Waals surface area contributed by atoms with Crippen molar-refractivity contribution in [3.63, 3.8) is 0 Å². The molecule has 4 aromatic carbocycles. The van der Waals surface area contributed by atoms with Gasteiger partial charge in [0.2, 0.25) is 0 Å². The first kappa shape index (κ1) is 31.0. The summed E-state index contributed by atoms with van der Waals surface area (Å²) in [6, 6.07) is 25.3. The Kier molecular flexibility index (Phi) is 8.67. The van der Waals surface area contributed by atoms with Crippen LogP contribution in [0.25, 0.3) is 11.8 Å². The quantitative estimate of drug-likeness (QED) is 0.0978. The molecule has 0 radical (unpaired) electrons. The molecule has 1 aliphatic heterocycles. The fourth-order valence-electron chi connectivity index (χ4n) is 5.10. The molecule has 1 aromatic heterocycles. The molecule has 0 bridgehead atoms. The maximum absolute atomic E-state index is 14.0. The van der Waals surface area contributed by atoms with Crippen molar-refractivity contribution in [1.82, 2.24) is 4.57 Å². The summed E-state index contributed by atoms with van der Waals surface area (Å²) in [6.45, 7) is 1.78. The number of esters is 2. The van der Waals surface area contributed by atoms with Crippen molar-refractivity contribution in [3.05, 3.63) is 167 Å². The summed E-state index contributed by atoms with van der Waals surface area (Å²) >= 11 is 1.13. The maximum Gasteiger partial charge on any atom is 0.343 e. The second kappa shape index (κ2) is 13.2. The van der Waals surface area contributed by atoms with E-state index >= 15 is 0 Å². The highest BCUT2D eigenvalue weighted by atomic mass is 32.1. The van der Waals surface area contributed by atoms with Crippen LogP contribution in [0.5, 0.6) is 5.75 Å². The summed E-state index contributed by atoms with van der Waals surface area (Å²) in [7, 11) is 0. The fourth-order valence-corrected chi connectivity index (χ4v) is 6.10. The molecule has 0 saturated heterocycles. The van der Waals surface area contributed by atoms with Gasteiger partial charge in [-0.3, -0.25) is 19.5 Å². The van der Waals surface area contributed by atoms with E-state index in [0.717, 1.165) is 17.4 Å². The lowest BCUT2D eigenvalue weighted by atomic mass is 9.93. The minimum absolute atomic E-state index is 0.0251. The van der Waals surface area contributed by atoms with Crippen LogP contribution in [0.1, 0.15) is 40.0 Å². The Bertz CT molecular complexity index is 2230. The van der Waals surface area contributed by atoms with E-state index in [9.17, 15) is 28.9 Å². The number of hydrogen-bond acceptors (Lipinski definition) is 9. The Balaban J connectivity index is 1.41. The zero-order valence-corrected chi connectivity index (χ0v) is 25.5. The summed E-state index contributed by atoms with van der Waals surface area (Å²) in [4.78, 5) is 55.6. The van der Waals surface area contributed by atoms with E-state index in [1.54, 1.807) is 25.1 Å². The van der Waals surface area contributed by atoms with Gasteiger partial charge in [0.25, 0.3) is 11.2 Å². The molecule has 6 rings (SSSR count). The maximum atomic E-state index is 14.0. The summed E-state index contributed by atoms with van der Waals surface area (Å²) < 4.78 is 26.5. The molecule has 1 atom stereocenters. The Labute approximate surface area is 270 Å². The molecule has 2 heterocycles. The number of carbonyl (C=O) groups excluding carboxylic acids is 2. The van der Waals surface area contributed by atoms with Crippen LogP contribution in [-0.2, 0) is 9.53 Å². The fraction of sp³-hybridized carbons (Fsp3) is 0.0857. The van der Waals surface area contributed by atoms with Crippen molar-refractivity contribution in [2.24, 2.45) is 4.99 Å². The number of aromatic nitrogens is 1. The van der Waals surface area contributed by atoms with Crippen LogP contribution in [-0.4, -0.2) is 28.0 Å². The lowest BCUT2D eigenvalue weighted by Gasteiger charge is -2.25. The Hall–Kier alpha value is -6.01. The van der Waals surface area contributed by atoms with Gasteiger partial charge < -0.3 is 9.47 Å². The number of nitro groups is 1. The summed E-state index contributed by atoms with van der Waals surface area (Å²) in [5.74, 6) is -1.68. The third-order valence-corrected chi connectivity index (χ3v) is 8.22. The average Bonchev–Trinajstić information content (AvgIpc) is 3.39. The highest BCUT2D eigenvalue weighted by Gasteiger charge is 2.35. The first-order chi connectivity index (χ1) is 22.7. The van der Waals surface area contributed by atoms with Crippen molar-refractivity contribution >= 4 is 40.7 Å². The Morgan fingerprint density at radius 2 is 1.70 bits per heavy atom. The predicted molar refractivity (Wildman–Crippen MR) is 172 cm³/mol. The SMILES string of the molecule is CCOC(=O)C1=C(c2ccccc2)N=c2s/c(=C\c3ccc(OC(=O)c4cccc([N+](=O)[O-])c4)cc3)c(=O)n2[C@@H]1c1ccc(F)cc1. The van der Waals surface area contributed by atoms with E-state index in [1.165, 1.54) is 59.2 Å². The number of ether oxygens (including phenoxy) is 2. The monoisotopic (exact) mass is 649 g/mol. The Morgan fingerprint density at radius 3 is 2.38 bits per heavy atom. The average molecular weight is 650 g/mol. The minimum atomic E-state index is -0.946. The third kappa shape index (κ3) is 6.40. The van der Waals surface area contributed by atoms with E-state index in [0.29, 0.717) is 31.7 Å². The zero-order chi connectivity index (χ0) is 33.1. The molecule has 0 unspecified atom stereocenters. The van der Waals surface area contributed by atoms with Crippen LogP contribution in [0.4, 0.5) is 10.1 Å². The normalized spacial score (nSPS) is 14.3. The summed E-state index contributed by atoms with van der Waals surface area (Å²) in [5, 5.41) is 11.1. The van der Waals surface area contributed by atoms with Gasteiger partial charge in [-0.05, 0) is 54.5 Å². The molecular formula is C35H24FN3O7S.